The van der Waals surface area contributed by atoms with Crippen molar-refractivity contribution in [1.82, 2.24) is 9.97 Å². The van der Waals surface area contributed by atoms with E-state index in [1.807, 2.05) is 6.92 Å². The van der Waals surface area contributed by atoms with Crippen LogP contribution < -0.4 is 5.32 Å². The molecule has 2 heterocycles. The van der Waals surface area contributed by atoms with Crippen molar-refractivity contribution in [2.75, 3.05) is 25.1 Å². The first-order chi connectivity index (χ1) is 8.09. The fourth-order valence-electron chi connectivity index (χ4n) is 1.78. The van der Waals surface area contributed by atoms with Gasteiger partial charge in [-0.3, -0.25) is 0 Å². The summed E-state index contributed by atoms with van der Waals surface area (Å²) < 4.78 is 5.23. The lowest BCUT2D eigenvalue weighted by molar-refractivity contribution is -0.0543. The number of aryl methyl sites for hydroxylation is 1. The molecule has 6 heteroatoms. The van der Waals surface area contributed by atoms with Crippen LogP contribution in [0, 0.1) is 6.92 Å². The normalized spacial score (nSPS) is 19.0. The van der Waals surface area contributed by atoms with E-state index in [1.54, 1.807) is 6.20 Å². The van der Waals surface area contributed by atoms with Crippen LogP contribution in [-0.2, 0) is 4.74 Å². The van der Waals surface area contributed by atoms with Gasteiger partial charge in [-0.1, -0.05) is 0 Å². The monoisotopic (exact) mass is 257 g/mol. The second-order valence-electron chi connectivity index (χ2n) is 4.36. The van der Waals surface area contributed by atoms with Crippen LogP contribution >= 0.6 is 11.6 Å². The first-order valence-corrected chi connectivity index (χ1v) is 6.00. The molecule has 1 fully saturated rings. The SMILES string of the molecule is Cc1cnc(Cl)nc1NCC1(O)CCOCC1. The van der Waals surface area contributed by atoms with Crippen LogP contribution in [-0.4, -0.2) is 40.4 Å². The summed E-state index contributed by atoms with van der Waals surface area (Å²) in [7, 11) is 0. The Hall–Kier alpha value is -0.910. The molecule has 17 heavy (non-hydrogen) atoms. The summed E-state index contributed by atoms with van der Waals surface area (Å²) in [5, 5.41) is 13.6. The van der Waals surface area contributed by atoms with Crippen LogP contribution in [0.1, 0.15) is 18.4 Å². The van der Waals surface area contributed by atoms with E-state index in [4.69, 9.17) is 16.3 Å². The van der Waals surface area contributed by atoms with Crippen LogP contribution in [0.15, 0.2) is 6.20 Å². The van der Waals surface area contributed by atoms with Crippen molar-refractivity contribution >= 4 is 17.4 Å². The summed E-state index contributed by atoms with van der Waals surface area (Å²) in [6, 6.07) is 0. The highest BCUT2D eigenvalue weighted by atomic mass is 35.5. The van der Waals surface area contributed by atoms with Gasteiger partial charge >= 0.3 is 0 Å². The molecule has 0 unspecified atom stereocenters. The summed E-state index contributed by atoms with van der Waals surface area (Å²) in [5.74, 6) is 0.671. The molecule has 5 nitrogen and oxygen atoms in total. The fourth-order valence-corrected chi connectivity index (χ4v) is 1.91. The Morgan fingerprint density at radius 3 is 2.94 bits per heavy atom. The number of anilines is 1. The van der Waals surface area contributed by atoms with Gasteiger partial charge in [0.05, 0.1) is 5.60 Å². The second-order valence-corrected chi connectivity index (χ2v) is 4.70. The number of nitrogens with one attached hydrogen (secondary N) is 1. The Morgan fingerprint density at radius 2 is 2.24 bits per heavy atom. The Labute approximate surface area is 105 Å². The van der Waals surface area contributed by atoms with Gasteiger partial charge in [0.2, 0.25) is 5.28 Å². The average molecular weight is 258 g/mol. The quantitative estimate of drug-likeness (QED) is 0.801. The molecule has 1 aromatic rings. The number of aliphatic hydroxyl groups is 1. The maximum Gasteiger partial charge on any atom is 0.224 e. The smallest absolute Gasteiger partial charge is 0.224 e. The van der Waals surface area contributed by atoms with Gasteiger partial charge < -0.3 is 15.2 Å². The molecule has 2 N–H and O–H groups in total. The minimum absolute atomic E-state index is 0.206. The highest BCUT2D eigenvalue weighted by Gasteiger charge is 2.29. The predicted octanol–water partition coefficient (Wildman–Crippen LogP) is 1.39. The molecule has 0 amide bonds. The van der Waals surface area contributed by atoms with Gasteiger partial charge in [-0.2, -0.15) is 0 Å². The molecule has 0 aromatic carbocycles. The zero-order valence-electron chi connectivity index (χ0n) is 9.74. The van der Waals surface area contributed by atoms with Crippen molar-refractivity contribution in [1.29, 1.82) is 0 Å². The van der Waals surface area contributed by atoms with E-state index >= 15 is 0 Å². The van der Waals surface area contributed by atoms with E-state index in [9.17, 15) is 5.11 Å². The maximum atomic E-state index is 10.3. The molecule has 1 aromatic heterocycles. The largest absolute Gasteiger partial charge is 0.388 e. The lowest BCUT2D eigenvalue weighted by Crippen LogP contribution is -2.42. The molecule has 0 spiro atoms. The lowest BCUT2D eigenvalue weighted by atomic mass is 9.94. The number of halogens is 1. The van der Waals surface area contributed by atoms with Crippen LogP contribution in [0.2, 0.25) is 5.28 Å². The van der Waals surface area contributed by atoms with E-state index in [2.05, 4.69) is 15.3 Å². The number of nitrogens with zero attached hydrogens (tertiary/aromatic N) is 2. The molecule has 0 atom stereocenters. The van der Waals surface area contributed by atoms with Crippen LogP contribution in [0.3, 0.4) is 0 Å². The average Bonchev–Trinajstić information content (AvgIpc) is 2.31. The zero-order chi connectivity index (χ0) is 12.3. The molecular weight excluding hydrogens is 242 g/mol. The third kappa shape index (κ3) is 3.28. The Balaban J connectivity index is 1.99. The van der Waals surface area contributed by atoms with Gasteiger partial charge in [-0.15, -0.1) is 0 Å². The molecule has 1 aliphatic rings. The van der Waals surface area contributed by atoms with Gasteiger partial charge in [-0.05, 0) is 18.5 Å². The number of rotatable bonds is 3. The highest BCUT2D eigenvalue weighted by molar-refractivity contribution is 6.28. The topological polar surface area (TPSA) is 67.3 Å². The van der Waals surface area contributed by atoms with E-state index in [1.165, 1.54) is 0 Å². The molecular formula is C11H16ClN3O2. The number of ether oxygens (including phenoxy) is 1. The summed E-state index contributed by atoms with van der Waals surface area (Å²) >= 11 is 5.73. The molecule has 1 saturated heterocycles. The van der Waals surface area contributed by atoms with Crippen LogP contribution in [0.25, 0.3) is 0 Å². The highest BCUT2D eigenvalue weighted by Crippen LogP contribution is 2.21. The summed E-state index contributed by atoms with van der Waals surface area (Å²) in [6.07, 6.45) is 2.93. The second kappa shape index (κ2) is 5.16. The van der Waals surface area contributed by atoms with E-state index in [-0.39, 0.29) is 5.28 Å². The number of hydrogen-bond donors (Lipinski definition) is 2. The van der Waals surface area contributed by atoms with Crippen LogP contribution in [0.5, 0.6) is 0 Å². The minimum atomic E-state index is -0.720. The predicted molar refractivity (Wildman–Crippen MR) is 65.3 cm³/mol. The molecule has 0 aliphatic carbocycles. The number of aromatic nitrogens is 2. The molecule has 94 valence electrons. The van der Waals surface area contributed by atoms with Gasteiger partial charge in [-0.25, -0.2) is 9.97 Å². The van der Waals surface area contributed by atoms with Crippen molar-refractivity contribution in [3.8, 4) is 0 Å². The Bertz CT molecular complexity index is 394. The minimum Gasteiger partial charge on any atom is -0.388 e. The molecule has 1 aliphatic heterocycles. The number of hydrogen-bond acceptors (Lipinski definition) is 5. The Kier molecular flexibility index (Phi) is 3.81. The third-order valence-corrected chi connectivity index (χ3v) is 3.13. The van der Waals surface area contributed by atoms with Crippen molar-refractivity contribution in [3.63, 3.8) is 0 Å². The molecule has 0 saturated carbocycles. The van der Waals surface area contributed by atoms with Crippen LogP contribution in [0.4, 0.5) is 5.82 Å². The van der Waals surface area contributed by atoms with Gasteiger partial charge in [0.25, 0.3) is 0 Å². The molecule has 0 bridgehead atoms. The summed E-state index contributed by atoms with van der Waals surface area (Å²) in [6.45, 7) is 3.54. The summed E-state index contributed by atoms with van der Waals surface area (Å²) in [5.41, 5.74) is 0.187. The van der Waals surface area contributed by atoms with Crippen molar-refractivity contribution in [3.05, 3.63) is 17.0 Å². The van der Waals surface area contributed by atoms with Crippen molar-refractivity contribution in [2.45, 2.75) is 25.4 Å². The summed E-state index contributed by atoms with van der Waals surface area (Å²) in [4.78, 5) is 7.97. The standard InChI is InChI=1S/C11H16ClN3O2/c1-8-6-13-10(12)15-9(8)14-7-11(16)2-4-17-5-3-11/h6,16H,2-5,7H2,1H3,(H,13,14,15). The fraction of sp³-hybridized carbons (Fsp3) is 0.636. The third-order valence-electron chi connectivity index (χ3n) is 2.95. The van der Waals surface area contributed by atoms with Gasteiger partial charge in [0.15, 0.2) is 0 Å². The van der Waals surface area contributed by atoms with E-state index in [0.29, 0.717) is 38.4 Å². The van der Waals surface area contributed by atoms with E-state index < -0.39 is 5.60 Å². The zero-order valence-corrected chi connectivity index (χ0v) is 10.5. The van der Waals surface area contributed by atoms with Gasteiger partial charge in [0.1, 0.15) is 5.82 Å². The van der Waals surface area contributed by atoms with E-state index in [0.717, 1.165) is 5.56 Å². The molecule has 2 rings (SSSR count). The maximum absolute atomic E-state index is 10.3. The van der Waals surface area contributed by atoms with Crippen molar-refractivity contribution < 1.29 is 9.84 Å². The van der Waals surface area contributed by atoms with Crippen molar-refractivity contribution in [2.24, 2.45) is 0 Å². The Morgan fingerprint density at radius 1 is 1.53 bits per heavy atom. The lowest BCUT2D eigenvalue weighted by Gasteiger charge is -2.32. The first kappa shape index (κ1) is 12.5. The first-order valence-electron chi connectivity index (χ1n) is 5.62. The van der Waals surface area contributed by atoms with Gasteiger partial charge in [0, 0.05) is 44.4 Å². The molecule has 0 radical (unpaired) electrons.